The number of hydrogen-bond donors (Lipinski definition) is 1. The Labute approximate surface area is 113 Å². The number of carboxylic acids is 1. The van der Waals surface area contributed by atoms with Gasteiger partial charge in [-0.3, -0.25) is 14.5 Å². The molecule has 0 aromatic heterocycles. The highest BCUT2D eigenvalue weighted by Crippen LogP contribution is 2.19. The fourth-order valence-corrected chi connectivity index (χ4v) is 2.75. The molecule has 1 N–H and O–H groups in total. The summed E-state index contributed by atoms with van der Waals surface area (Å²) in [4.78, 5) is 26.2. The van der Waals surface area contributed by atoms with Gasteiger partial charge < -0.3 is 14.7 Å². The maximum Gasteiger partial charge on any atom is 0.312 e. The predicted molar refractivity (Wildman–Crippen MR) is 68.8 cm³/mol. The molecule has 0 radical (unpaired) electrons. The minimum atomic E-state index is -1.04. The van der Waals surface area contributed by atoms with Crippen LogP contribution in [0.4, 0.5) is 0 Å². The summed E-state index contributed by atoms with van der Waals surface area (Å²) in [5.74, 6) is -0.676. The van der Waals surface area contributed by atoms with Gasteiger partial charge in [0.1, 0.15) is 6.42 Å². The summed E-state index contributed by atoms with van der Waals surface area (Å²) < 4.78 is 5.32. The maximum absolute atomic E-state index is 11.6. The molecule has 6 heteroatoms. The first-order chi connectivity index (χ1) is 9.15. The molecule has 2 saturated heterocycles. The van der Waals surface area contributed by atoms with E-state index in [1.54, 1.807) is 4.90 Å². The van der Waals surface area contributed by atoms with Crippen molar-refractivity contribution in [3.8, 4) is 0 Å². The van der Waals surface area contributed by atoms with Crippen molar-refractivity contribution in [2.24, 2.45) is 5.92 Å². The van der Waals surface area contributed by atoms with E-state index in [0.29, 0.717) is 19.0 Å². The Morgan fingerprint density at radius 2 is 1.74 bits per heavy atom. The van der Waals surface area contributed by atoms with Crippen LogP contribution in [0.2, 0.25) is 0 Å². The number of piperidine rings is 1. The second-order valence-electron chi connectivity index (χ2n) is 5.31. The van der Waals surface area contributed by atoms with Crippen molar-refractivity contribution in [3.63, 3.8) is 0 Å². The van der Waals surface area contributed by atoms with Crippen LogP contribution in [0.25, 0.3) is 0 Å². The fraction of sp³-hybridized carbons (Fsp3) is 0.846. The first-order valence-electron chi connectivity index (χ1n) is 6.95. The van der Waals surface area contributed by atoms with Crippen LogP contribution in [-0.2, 0) is 14.3 Å². The van der Waals surface area contributed by atoms with Gasteiger partial charge in [-0.05, 0) is 18.8 Å². The zero-order valence-electron chi connectivity index (χ0n) is 11.2. The second-order valence-corrected chi connectivity index (χ2v) is 5.31. The summed E-state index contributed by atoms with van der Waals surface area (Å²) in [6, 6.07) is 0. The number of likely N-dealkylation sites (tertiary alicyclic amines) is 1. The van der Waals surface area contributed by atoms with Gasteiger partial charge in [0, 0.05) is 32.7 Å². The van der Waals surface area contributed by atoms with E-state index in [0.717, 1.165) is 45.7 Å². The molecule has 108 valence electrons. The predicted octanol–water partition coefficient (Wildman–Crippen LogP) is 0.0319. The van der Waals surface area contributed by atoms with Crippen LogP contribution < -0.4 is 0 Å². The number of carbonyl (C=O) groups is 2. The van der Waals surface area contributed by atoms with Gasteiger partial charge in [-0.25, -0.2) is 0 Å². The van der Waals surface area contributed by atoms with Crippen LogP contribution in [0.5, 0.6) is 0 Å². The van der Waals surface area contributed by atoms with Crippen molar-refractivity contribution in [3.05, 3.63) is 0 Å². The summed E-state index contributed by atoms with van der Waals surface area (Å²) in [6.45, 7) is 6.09. The van der Waals surface area contributed by atoms with Crippen LogP contribution in [0.1, 0.15) is 19.3 Å². The van der Waals surface area contributed by atoms with Gasteiger partial charge in [0.05, 0.1) is 13.2 Å². The lowest BCUT2D eigenvalue weighted by molar-refractivity contribution is -0.144. The van der Waals surface area contributed by atoms with Crippen molar-refractivity contribution < 1.29 is 19.4 Å². The molecule has 0 bridgehead atoms. The summed E-state index contributed by atoms with van der Waals surface area (Å²) in [5.41, 5.74) is 0. The molecule has 0 aliphatic carbocycles. The number of carboxylic acid groups (broad SMARTS) is 1. The molecule has 0 aromatic rings. The standard InChI is InChI=1S/C13H22N2O4/c16-12(9-13(17)18)15-3-1-11(2-4-15)10-14-5-7-19-8-6-14/h11H,1-10H2,(H,17,18). The Balaban J connectivity index is 1.69. The first kappa shape index (κ1) is 14.3. The highest BCUT2D eigenvalue weighted by Gasteiger charge is 2.25. The SMILES string of the molecule is O=C(O)CC(=O)N1CCC(CN2CCOCC2)CC1. The number of hydrogen-bond acceptors (Lipinski definition) is 4. The molecule has 19 heavy (non-hydrogen) atoms. The van der Waals surface area contributed by atoms with E-state index in [1.165, 1.54) is 0 Å². The lowest BCUT2D eigenvalue weighted by Crippen LogP contribution is -2.44. The maximum atomic E-state index is 11.6. The molecule has 2 heterocycles. The number of rotatable bonds is 4. The normalized spacial score (nSPS) is 22.4. The van der Waals surface area contributed by atoms with E-state index < -0.39 is 5.97 Å². The lowest BCUT2D eigenvalue weighted by Gasteiger charge is -2.35. The molecular weight excluding hydrogens is 248 g/mol. The number of morpholine rings is 1. The number of aliphatic carboxylic acids is 1. The minimum absolute atomic E-state index is 0.252. The van der Waals surface area contributed by atoms with Gasteiger partial charge in [0.15, 0.2) is 0 Å². The average Bonchev–Trinajstić information content (AvgIpc) is 2.40. The number of ether oxygens (including phenoxy) is 1. The molecule has 0 spiro atoms. The molecule has 2 aliphatic rings. The van der Waals surface area contributed by atoms with Gasteiger partial charge in [-0.1, -0.05) is 0 Å². The van der Waals surface area contributed by atoms with E-state index >= 15 is 0 Å². The number of nitrogens with zero attached hydrogens (tertiary/aromatic N) is 2. The largest absolute Gasteiger partial charge is 0.481 e. The van der Waals surface area contributed by atoms with Crippen LogP contribution in [0, 0.1) is 5.92 Å². The van der Waals surface area contributed by atoms with Crippen molar-refractivity contribution in [2.45, 2.75) is 19.3 Å². The molecule has 0 unspecified atom stereocenters. The molecule has 2 rings (SSSR count). The second kappa shape index (κ2) is 6.86. The third-order valence-electron chi connectivity index (χ3n) is 3.89. The van der Waals surface area contributed by atoms with Crippen LogP contribution >= 0.6 is 0 Å². The molecule has 1 amide bonds. The Bertz CT molecular complexity index is 321. The van der Waals surface area contributed by atoms with Crippen LogP contribution in [-0.4, -0.2) is 72.7 Å². The third-order valence-corrected chi connectivity index (χ3v) is 3.89. The highest BCUT2D eigenvalue weighted by atomic mass is 16.5. The molecule has 0 atom stereocenters. The first-order valence-corrected chi connectivity index (χ1v) is 6.95. The highest BCUT2D eigenvalue weighted by molar-refractivity contribution is 5.93. The fourth-order valence-electron chi connectivity index (χ4n) is 2.75. The topological polar surface area (TPSA) is 70.1 Å². The van der Waals surface area contributed by atoms with E-state index in [2.05, 4.69) is 4.90 Å². The van der Waals surface area contributed by atoms with E-state index in [1.807, 2.05) is 0 Å². The van der Waals surface area contributed by atoms with Gasteiger partial charge in [0.2, 0.25) is 5.91 Å². The van der Waals surface area contributed by atoms with Crippen molar-refractivity contribution in [2.75, 3.05) is 45.9 Å². The van der Waals surface area contributed by atoms with Gasteiger partial charge in [-0.2, -0.15) is 0 Å². The van der Waals surface area contributed by atoms with E-state index in [-0.39, 0.29) is 12.3 Å². The molecular formula is C13H22N2O4. The third kappa shape index (κ3) is 4.47. The average molecular weight is 270 g/mol. The van der Waals surface area contributed by atoms with Gasteiger partial charge in [0.25, 0.3) is 0 Å². The smallest absolute Gasteiger partial charge is 0.312 e. The molecule has 2 fully saturated rings. The minimum Gasteiger partial charge on any atom is -0.481 e. The number of amides is 1. The number of carbonyl (C=O) groups excluding carboxylic acids is 1. The molecule has 6 nitrogen and oxygen atoms in total. The van der Waals surface area contributed by atoms with Gasteiger partial charge in [-0.15, -0.1) is 0 Å². The summed E-state index contributed by atoms with van der Waals surface area (Å²) in [6.07, 6.45) is 1.57. The Hall–Kier alpha value is -1.14. The van der Waals surface area contributed by atoms with E-state index in [4.69, 9.17) is 9.84 Å². The lowest BCUT2D eigenvalue weighted by atomic mass is 9.96. The molecule has 2 aliphatic heterocycles. The van der Waals surface area contributed by atoms with Crippen molar-refractivity contribution in [1.82, 2.24) is 9.80 Å². The van der Waals surface area contributed by atoms with Crippen LogP contribution in [0.3, 0.4) is 0 Å². The summed E-state index contributed by atoms with van der Waals surface area (Å²) >= 11 is 0. The summed E-state index contributed by atoms with van der Waals surface area (Å²) in [5, 5.41) is 8.62. The Morgan fingerprint density at radius 1 is 1.11 bits per heavy atom. The zero-order chi connectivity index (χ0) is 13.7. The van der Waals surface area contributed by atoms with Crippen molar-refractivity contribution >= 4 is 11.9 Å². The molecule has 0 aromatic carbocycles. The van der Waals surface area contributed by atoms with Crippen molar-refractivity contribution in [1.29, 1.82) is 0 Å². The summed E-state index contributed by atoms with van der Waals surface area (Å²) in [7, 11) is 0. The molecule has 0 saturated carbocycles. The Morgan fingerprint density at radius 3 is 2.32 bits per heavy atom. The van der Waals surface area contributed by atoms with Crippen LogP contribution in [0.15, 0.2) is 0 Å². The van der Waals surface area contributed by atoms with Gasteiger partial charge >= 0.3 is 5.97 Å². The Kier molecular flexibility index (Phi) is 5.15. The quantitative estimate of drug-likeness (QED) is 0.730. The zero-order valence-corrected chi connectivity index (χ0v) is 11.2. The van der Waals surface area contributed by atoms with E-state index in [9.17, 15) is 9.59 Å². The monoisotopic (exact) mass is 270 g/mol.